The Morgan fingerprint density at radius 1 is 1.32 bits per heavy atom. The smallest absolute Gasteiger partial charge is 0.171 e. The summed E-state index contributed by atoms with van der Waals surface area (Å²) in [4.78, 5) is 3.89. The van der Waals surface area contributed by atoms with E-state index in [1.807, 2.05) is 0 Å². The van der Waals surface area contributed by atoms with E-state index in [4.69, 9.17) is 23.2 Å². The van der Waals surface area contributed by atoms with Gasteiger partial charge in [-0.05, 0) is 12.1 Å². The van der Waals surface area contributed by atoms with Gasteiger partial charge in [0.2, 0.25) is 0 Å². The van der Waals surface area contributed by atoms with Crippen molar-refractivity contribution in [2.75, 3.05) is 0 Å². The highest BCUT2D eigenvalue weighted by atomic mass is 35.5. The van der Waals surface area contributed by atoms with Crippen molar-refractivity contribution in [1.29, 1.82) is 0 Å². The van der Waals surface area contributed by atoms with Gasteiger partial charge in [0.15, 0.2) is 5.60 Å². The van der Waals surface area contributed by atoms with Crippen LogP contribution < -0.4 is 0 Å². The summed E-state index contributed by atoms with van der Waals surface area (Å²) < 4.78 is 1.53. The molecule has 0 aliphatic rings. The maximum atomic E-state index is 11.1. The van der Waals surface area contributed by atoms with Crippen LogP contribution in [0, 0.1) is 11.5 Å². The minimum atomic E-state index is -1.66. The van der Waals surface area contributed by atoms with Crippen molar-refractivity contribution in [3.05, 3.63) is 46.5 Å². The molecule has 0 bridgehead atoms. The van der Waals surface area contributed by atoms with Crippen molar-refractivity contribution >= 4 is 31.3 Å². The predicted octanol–water partition coefficient (Wildman–Crippen LogP) is 3.35. The molecule has 0 saturated heterocycles. The van der Waals surface area contributed by atoms with Crippen LogP contribution in [-0.2, 0) is 12.1 Å². The summed E-state index contributed by atoms with van der Waals surface area (Å²) in [5.41, 5.74) is 2.27. The molecule has 0 spiro atoms. The summed E-state index contributed by atoms with van der Waals surface area (Å²) in [5.74, 6) is 3.00. The van der Waals surface area contributed by atoms with Gasteiger partial charge in [0.1, 0.15) is 20.7 Å². The lowest BCUT2D eigenvalue weighted by molar-refractivity contribution is 0.0761. The molecule has 0 fully saturated rings. The second-order valence-corrected chi connectivity index (χ2v) is 11.7. The third kappa shape index (κ3) is 4.34. The number of benzene rings is 1. The number of nitrogens with zero attached hydrogens (tertiary/aromatic N) is 3. The lowest BCUT2D eigenvalue weighted by Crippen LogP contribution is -2.32. The van der Waals surface area contributed by atoms with Gasteiger partial charge in [0.05, 0.1) is 6.54 Å². The van der Waals surface area contributed by atoms with E-state index in [0.717, 1.165) is 0 Å². The molecule has 116 valence electrons. The Kier molecular flexibility index (Phi) is 4.98. The second-order valence-electron chi connectivity index (χ2n) is 6.08. The topological polar surface area (TPSA) is 50.9 Å². The minimum absolute atomic E-state index is 0.145. The minimum Gasteiger partial charge on any atom is -0.372 e. The number of aliphatic hydroxyl groups is 1. The molecule has 0 radical (unpaired) electrons. The van der Waals surface area contributed by atoms with Gasteiger partial charge in [-0.3, -0.25) is 0 Å². The monoisotopic (exact) mass is 353 g/mol. The van der Waals surface area contributed by atoms with E-state index in [1.54, 1.807) is 18.2 Å². The molecule has 2 aromatic rings. The molecule has 22 heavy (non-hydrogen) atoms. The molecule has 1 atom stereocenters. The highest BCUT2D eigenvalue weighted by Gasteiger charge is 2.31. The van der Waals surface area contributed by atoms with Crippen molar-refractivity contribution in [1.82, 2.24) is 14.8 Å². The highest BCUT2D eigenvalue weighted by Crippen LogP contribution is 2.31. The van der Waals surface area contributed by atoms with Gasteiger partial charge >= 0.3 is 0 Å². The summed E-state index contributed by atoms with van der Waals surface area (Å²) in [7, 11) is -1.66. The van der Waals surface area contributed by atoms with Crippen LogP contribution in [0.1, 0.15) is 5.56 Å². The Labute approximate surface area is 141 Å². The first-order valence-corrected chi connectivity index (χ1v) is 11.0. The third-order valence-corrected chi connectivity index (χ3v) is 4.30. The zero-order valence-electron chi connectivity index (χ0n) is 12.6. The van der Waals surface area contributed by atoms with E-state index in [9.17, 15) is 5.11 Å². The third-order valence-electron chi connectivity index (χ3n) is 2.88. The van der Waals surface area contributed by atoms with Crippen LogP contribution in [0.5, 0.6) is 0 Å². The highest BCUT2D eigenvalue weighted by molar-refractivity contribution is 6.83. The summed E-state index contributed by atoms with van der Waals surface area (Å²) in [6.45, 7) is 6.48. The van der Waals surface area contributed by atoms with E-state index in [0.29, 0.717) is 15.6 Å². The fraction of sp³-hybridized carbons (Fsp3) is 0.333. The van der Waals surface area contributed by atoms with Crippen LogP contribution in [0.2, 0.25) is 29.7 Å². The standard InChI is InChI=1S/C15H17Cl2N3OSi/c1-22(2,3)7-6-15(21,9-20-11-18-10-19-20)13-5-4-12(16)8-14(13)17/h4-5,8,10-11,21H,9H2,1-3H3. The largest absolute Gasteiger partial charge is 0.372 e. The SMILES string of the molecule is C[Si](C)(C)C#CC(O)(Cn1cncn1)c1ccc(Cl)cc1Cl. The molecule has 7 heteroatoms. The second kappa shape index (κ2) is 6.43. The molecule has 0 saturated carbocycles. The predicted molar refractivity (Wildman–Crippen MR) is 91.5 cm³/mol. The first kappa shape index (κ1) is 17.0. The van der Waals surface area contributed by atoms with Gasteiger partial charge in [-0.2, -0.15) is 5.10 Å². The zero-order valence-corrected chi connectivity index (χ0v) is 15.2. The molecular formula is C15H17Cl2N3OSi. The van der Waals surface area contributed by atoms with Gasteiger partial charge < -0.3 is 5.11 Å². The van der Waals surface area contributed by atoms with Crippen LogP contribution in [-0.4, -0.2) is 27.9 Å². The molecule has 4 nitrogen and oxygen atoms in total. The van der Waals surface area contributed by atoms with E-state index in [-0.39, 0.29) is 6.54 Å². The van der Waals surface area contributed by atoms with E-state index in [1.165, 1.54) is 17.3 Å². The molecule has 0 aliphatic carbocycles. The first-order chi connectivity index (χ1) is 10.2. The Hall–Kier alpha value is -1.32. The van der Waals surface area contributed by atoms with E-state index < -0.39 is 13.7 Å². The van der Waals surface area contributed by atoms with Crippen LogP contribution in [0.4, 0.5) is 0 Å². The van der Waals surface area contributed by atoms with Gasteiger partial charge in [0.25, 0.3) is 0 Å². The number of halogens is 2. The molecule has 1 N–H and O–H groups in total. The summed E-state index contributed by atoms with van der Waals surface area (Å²) in [6, 6.07) is 4.98. The van der Waals surface area contributed by atoms with E-state index in [2.05, 4.69) is 41.2 Å². The molecule has 0 aliphatic heterocycles. The van der Waals surface area contributed by atoms with E-state index >= 15 is 0 Å². The van der Waals surface area contributed by atoms with Crippen molar-refractivity contribution in [3.63, 3.8) is 0 Å². The Morgan fingerprint density at radius 2 is 2.05 bits per heavy atom. The average molecular weight is 354 g/mol. The lowest BCUT2D eigenvalue weighted by atomic mass is 9.94. The lowest BCUT2D eigenvalue weighted by Gasteiger charge is -2.24. The molecule has 2 rings (SSSR count). The fourth-order valence-electron chi connectivity index (χ4n) is 1.86. The van der Waals surface area contributed by atoms with Crippen molar-refractivity contribution in [3.8, 4) is 11.5 Å². The summed E-state index contributed by atoms with van der Waals surface area (Å²) in [6.07, 6.45) is 2.95. The maximum Gasteiger partial charge on any atom is 0.171 e. The molecule has 1 aromatic heterocycles. The quantitative estimate of drug-likeness (QED) is 0.679. The Morgan fingerprint density at radius 3 is 2.59 bits per heavy atom. The van der Waals surface area contributed by atoms with Crippen molar-refractivity contribution in [2.24, 2.45) is 0 Å². The molecule has 0 amide bonds. The van der Waals surface area contributed by atoms with Gasteiger partial charge in [-0.1, -0.05) is 54.8 Å². The molecular weight excluding hydrogens is 337 g/mol. The number of aromatic nitrogens is 3. The normalized spacial score (nSPS) is 14.1. The number of hydrogen-bond acceptors (Lipinski definition) is 3. The van der Waals surface area contributed by atoms with Crippen LogP contribution in [0.15, 0.2) is 30.9 Å². The van der Waals surface area contributed by atoms with Crippen molar-refractivity contribution in [2.45, 2.75) is 31.8 Å². The summed E-state index contributed by atoms with van der Waals surface area (Å²) >= 11 is 12.2. The van der Waals surface area contributed by atoms with Crippen molar-refractivity contribution < 1.29 is 5.11 Å². The Balaban J connectivity index is 2.50. The fourth-order valence-corrected chi connectivity index (χ4v) is 3.00. The molecule has 1 heterocycles. The summed E-state index contributed by atoms with van der Waals surface area (Å²) in [5, 5.41) is 16.0. The Bertz CT molecular complexity index is 717. The van der Waals surface area contributed by atoms with Gasteiger partial charge in [0, 0.05) is 15.6 Å². The van der Waals surface area contributed by atoms with Crippen LogP contribution in [0.25, 0.3) is 0 Å². The average Bonchev–Trinajstić information content (AvgIpc) is 2.88. The molecule has 1 unspecified atom stereocenters. The van der Waals surface area contributed by atoms with Gasteiger partial charge in [-0.25, -0.2) is 9.67 Å². The molecule has 1 aromatic carbocycles. The number of hydrogen-bond donors (Lipinski definition) is 1. The van der Waals surface area contributed by atoms with Crippen LogP contribution >= 0.6 is 23.2 Å². The first-order valence-electron chi connectivity index (χ1n) is 6.74. The van der Waals surface area contributed by atoms with Crippen LogP contribution in [0.3, 0.4) is 0 Å². The van der Waals surface area contributed by atoms with Gasteiger partial charge in [-0.15, -0.1) is 5.54 Å². The number of rotatable bonds is 3. The maximum absolute atomic E-state index is 11.1. The zero-order chi connectivity index (χ0) is 16.4.